The Bertz CT molecular complexity index is 475. The fourth-order valence-electron chi connectivity index (χ4n) is 1.51. The summed E-state index contributed by atoms with van der Waals surface area (Å²) in [6, 6.07) is 5.08. The number of benzene rings is 1. The number of halogens is 2. The summed E-state index contributed by atoms with van der Waals surface area (Å²) in [5, 5.41) is 26.0. The molecule has 1 aromatic carbocycles. The lowest BCUT2D eigenvalue weighted by Crippen LogP contribution is -1.93. The zero-order valence-electron chi connectivity index (χ0n) is 11.9. The molecule has 0 bridgehead atoms. The minimum Gasteiger partial charge on any atom is -0.506 e. The van der Waals surface area contributed by atoms with Gasteiger partial charge >= 0.3 is 5.97 Å². The molecule has 0 fully saturated rings. The van der Waals surface area contributed by atoms with Crippen molar-refractivity contribution in [3.63, 3.8) is 0 Å². The van der Waals surface area contributed by atoms with E-state index in [0.29, 0.717) is 20.9 Å². The lowest BCUT2D eigenvalue weighted by atomic mass is 10.1. The van der Waals surface area contributed by atoms with Crippen LogP contribution >= 0.6 is 31.9 Å². The maximum absolute atomic E-state index is 10.0. The average Bonchev–Trinajstić information content (AvgIpc) is 2.44. The molecule has 0 radical (unpaired) electrons. The number of carboxylic acid groups (broad SMARTS) is 1. The summed E-state index contributed by atoms with van der Waals surface area (Å²) in [6.45, 7) is 2.15. The van der Waals surface area contributed by atoms with E-state index in [1.165, 1.54) is 19.3 Å². The molecule has 0 saturated carbocycles. The van der Waals surface area contributed by atoms with Gasteiger partial charge in [0.1, 0.15) is 5.75 Å². The quantitative estimate of drug-likeness (QED) is 0.618. The van der Waals surface area contributed by atoms with Crippen LogP contribution in [0.3, 0.4) is 0 Å². The summed E-state index contributed by atoms with van der Waals surface area (Å²) in [7, 11) is 0. The Labute approximate surface area is 142 Å². The molecule has 0 aliphatic carbocycles. The van der Waals surface area contributed by atoms with Gasteiger partial charge in [-0.15, -0.1) is 0 Å². The molecule has 6 heteroatoms. The van der Waals surface area contributed by atoms with Crippen molar-refractivity contribution in [2.75, 3.05) is 0 Å². The van der Waals surface area contributed by atoms with Crippen LogP contribution in [0.1, 0.15) is 51.0 Å². The van der Waals surface area contributed by atoms with Gasteiger partial charge in [-0.2, -0.15) is 5.26 Å². The summed E-state index contributed by atoms with van der Waals surface area (Å²) >= 11 is 6.21. The zero-order valence-corrected chi connectivity index (χ0v) is 15.1. The van der Waals surface area contributed by atoms with Crippen molar-refractivity contribution in [2.45, 2.75) is 45.4 Å². The number of phenols is 1. The topological polar surface area (TPSA) is 81.3 Å². The highest BCUT2D eigenvalue weighted by molar-refractivity contribution is 9.11. The first-order chi connectivity index (χ1) is 9.92. The molecule has 0 aliphatic rings. The van der Waals surface area contributed by atoms with E-state index in [9.17, 15) is 9.90 Å². The Morgan fingerprint density at radius 1 is 1.19 bits per heavy atom. The first kappa shape index (κ1) is 19.9. The van der Waals surface area contributed by atoms with Crippen LogP contribution in [0.15, 0.2) is 21.1 Å². The predicted octanol–water partition coefficient (Wildman–Crippen LogP) is 5.22. The number of carboxylic acids is 1. The van der Waals surface area contributed by atoms with Crippen molar-refractivity contribution < 1.29 is 15.0 Å². The smallest absolute Gasteiger partial charge is 0.303 e. The van der Waals surface area contributed by atoms with Crippen molar-refractivity contribution in [2.24, 2.45) is 0 Å². The number of aromatic hydroxyl groups is 1. The fraction of sp³-hybridized carbons (Fsp3) is 0.467. The first-order valence-corrected chi connectivity index (χ1v) is 8.30. The van der Waals surface area contributed by atoms with Crippen LogP contribution in [0, 0.1) is 11.3 Å². The van der Waals surface area contributed by atoms with Crippen molar-refractivity contribution in [1.82, 2.24) is 0 Å². The molecule has 0 atom stereocenters. The Kier molecular flexibility index (Phi) is 11.0. The normalized spacial score (nSPS) is 9.43. The van der Waals surface area contributed by atoms with E-state index in [0.717, 1.165) is 12.8 Å². The molecule has 0 aliphatic heterocycles. The van der Waals surface area contributed by atoms with Crippen LogP contribution in [-0.4, -0.2) is 16.2 Å². The number of rotatable bonds is 6. The summed E-state index contributed by atoms with van der Waals surface area (Å²) in [5.74, 6) is -0.555. The zero-order chi connectivity index (χ0) is 16.3. The third-order valence-corrected chi connectivity index (χ3v) is 3.85. The molecule has 21 heavy (non-hydrogen) atoms. The standard InChI is InChI=1S/C8H16O2.C7H3Br2NO/c1-2-3-4-5-6-7-8(9)10;8-5-1-4(3-10)2-6(9)7(5)11/h2-7H2,1H3,(H,9,10);1-2,11H. The number of aliphatic carboxylic acids is 1. The van der Waals surface area contributed by atoms with Gasteiger partial charge in [0.05, 0.1) is 20.6 Å². The van der Waals surface area contributed by atoms with E-state index in [2.05, 4.69) is 38.8 Å². The summed E-state index contributed by atoms with van der Waals surface area (Å²) in [4.78, 5) is 10.0. The van der Waals surface area contributed by atoms with E-state index < -0.39 is 5.97 Å². The van der Waals surface area contributed by atoms with Gasteiger partial charge < -0.3 is 10.2 Å². The molecule has 0 aromatic heterocycles. The van der Waals surface area contributed by atoms with Crippen molar-refractivity contribution in [1.29, 1.82) is 5.26 Å². The van der Waals surface area contributed by atoms with E-state index in [1.54, 1.807) is 12.1 Å². The van der Waals surface area contributed by atoms with Crippen LogP contribution < -0.4 is 0 Å². The molecule has 116 valence electrons. The Hall–Kier alpha value is -1.06. The second kappa shape index (κ2) is 11.6. The van der Waals surface area contributed by atoms with Crippen LogP contribution in [-0.2, 0) is 4.79 Å². The maximum atomic E-state index is 10.0. The van der Waals surface area contributed by atoms with E-state index in [-0.39, 0.29) is 5.75 Å². The van der Waals surface area contributed by atoms with Gasteiger partial charge in [0.15, 0.2) is 0 Å². The van der Waals surface area contributed by atoms with Gasteiger partial charge in [0.25, 0.3) is 0 Å². The number of nitriles is 1. The van der Waals surface area contributed by atoms with E-state index in [1.807, 2.05) is 6.07 Å². The number of unbranched alkanes of at least 4 members (excludes halogenated alkanes) is 4. The molecule has 0 amide bonds. The molecule has 2 N–H and O–H groups in total. The Balaban J connectivity index is 0.000000384. The summed E-state index contributed by atoms with van der Waals surface area (Å²) < 4.78 is 1.03. The first-order valence-electron chi connectivity index (χ1n) is 6.72. The van der Waals surface area contributed by atoms with Gasteiger partial charge in [-0.05, 0) is 50.4 Å². The highest BCUT2D eigenvalue weighted by atomic mass is 79.9. The highest BCUT2D eigenvalue weighted by Crippen LogP contribution is 2.32. The lowest BCUT2D eigenvalue weighted by Gasteiger charge is -1.99. The fourth-order valence-corrected chi connectivity index (χ4v) is 2.70. The summed E-state index contributed by atoms with van der Waals surface area (Å²) in [5.41, 5.74) is 0.501. The van der Waals surface area contributed by atoms with Crippen LogP contribution in [0.2, 0.25) is 0 Å². The molecule has 4 nitrogen and oxygen atoms in total. The van der Waals surface area contributed by atoms with Crippen molar-refractivity contribution >= 4 is 37.8 Å². The maximum Gasteiger partial charge on any atom is 0.303 e. The number of hydrogen-bond donors (Lipinski definition) is 2. The van der Waals surface area contributed by atoms with Crippen LogP contribution in [0.5, 0.6) is 5.75 Å². The monoisotopic (exact) mass is 419 g/mol. The lowest BCUT2D eigenvalue weighted by molar-refractivity contribution is -0.137. The molecule has 0 unspecified atom stereocenters. The molecule has 1 aromatic rings. The van der Waals surface area contributed by atoms with Crippen LogP contribution in [0.25, 0.3) is 0 Å². The van der Waals surface area contributed by atoms with Gasteiger partial charge in [-0.1, -0.05) is 32.6 Å². The SMILES string of the molecule is CCCCCCCC(=O)O.N#Cc1cc(Br)c(O)c(Br)c1. The second-order valence-electron chi connectivity index (χ2n) is 4.46. The largest absolute Gasteiger partial charge is 0.506 e. The van der Waals surface area contributed by atoms with Crippen molar-refractivity contribution in [3.05, 3.63) is 26.6 Å². The predicted molar refractivity (Wildman–Crippen MR) is 89.2 cm³/mol. The molecule has 0 heterocycles. The Morgan fingerprint density at radius 2 is 1.71 bits per heavy atom. The molecule has 0 saturated heterocycles. The number of carbonyl (C=O) groups is 1. The minimum atomic E-state index is -0.670. The van der Waals surface area contributed by atoms with Gasteiger partial charge in [-0.3, -0.25) is 4.79 Å². The van der Waals surface area contributed by atoms with E-state index in [4.69, 9.17) is 10.4 Å². The second-order valence-corrected chi connectivity index (χ2v) is 6.17. The molecule has 0 spiro atoms. The molecular weight excluding hydrogens is 402 g/mol. The molecule has 1 rings (SSSR count). The van der Waals surface area contributed by atoms with Crippen molar-refractivity contribution in [3.8, 4) is 11.8 Å². The van der Waals surface area contributed by atoms with Gasteiger partial charge in [0, 0.05) is 6.42 Å². The highest BCUT2D eigenvalue weighted by Gasteiger charge is 2.04. The van der Waals surface area contributed by atoms with Crippen LogP contribution in [0.4, 0.5) is 0 Å². The van der Waals surface area contributed by atoms with E-state index >= 15 is 0 Å². The van der Waals surface area contributed by atoms with Gasteiger partial charge in [0.2, 0.25) is 0 Å². The third kappa shape index (κ3) is 9.48. The third-order valence-electron chi connectivity index (χ3n) is 2.64. The number of nitrogens with zero attached hydrogens (tertiary/aromatic N) is 1. The summed E-state index contributed by atoms with van der Waals surface area (Å²) in [6.07, 6.45) is 5.88. The van der Waals surface area contributed by atoms with Gasteiger partial charge in [-0.25, -0.2) is 0 Å². The minimum absolute atomic E-state index is 0.115. The Morgan fingerprint density at radius 3 is 2.14 bits per heavy atom. The number of phenolic OH excluding ortho intramolecular Hbond substituents is 1. The number of hydrogen-bond acceptors (Lipinski definition) is 3. The average molecular weight is 421 g/mol. The molecular formula is C15H19Br2NO3.